The van der Waals surface area contributed by atoms with Crippen molar-refractivity contribution in [1.29, 1.82) is 0 Å². The minimum absolute atomic E-state index is 0.00566. The molecule has 2 aliphatic carbocycles. The zero-order chi connectivity index (χ0) is 24.6. The van der Waals surface area contributed by atoms with E-state index in [0.29, 0.717) is 31.8 Å². The highest BCUT2D eigenvalue weighted by molar-refractivity contribution is 5.88. The number of nitrogens with one attached hydrogen (secondary N) is 1. The monoisotopic (exact) mass is 476 g/mol. The van der Waals surface area contributed by atoms with Crippen molar-refractivity contribution in [2.45, 2.75) is 50.5 Å². The van der Waals surface area contributed by atoms with E-state index >= 15 is 0 Å². The van der Waals surface area contributed by atoms with Gasteiger partial charge in [-0.1, -0.05) is 55.5 Å². The van der Waals surface area contributed by atoms with Gasteiger partial charge in [-0.05, 0) is 59.8 Å². The van der Waals surface area contributed by atoms with Crippen molar-refractivity contribution in [1.82, 2.24) is 10.2 Å². The molecule has 2 amide bonds. The summed E-state index contributed by atoms with van der Waals surface area (Å²) in [6.07, 6.45) is 2.50. The van der Waals surface area contributed by atoms with E-state index in [1.807, 2.05) is 31.2 Å². The van der Waals surface area contributed by atoms with Gasteiger partial charge in [0.25, 0.3) is 0 Å². The summed E-state index contributed by atoms with van der Waals surface area (Å²) in [5, 5.41) is 12.6. The quantitative estimate of drug-likeness (QED) is 0.617. The molecule has 1 saturated carbocycles. The Labute approximate surface area is 205 Å². The van der Waals surface area contributed by atoms with E-state index in [1.54, 1.807) is 4.90 Å². The molecule has 2 bridgehead atoms. The Bertz CT molecular complexity index is 1090. The first kappa shape index (κ1) is 23.4. The SMILES string of the molecule is CC(CNC(=O)OCC1c2ccccc2-c2ccccc21)CC(=O)N1CC2CCC1(C(=O)O)CC2. The predicted octanol–water partition coefficient (Wildman–Crippen LogP) is 4.41. The van der Waals surface area contributed by atoms with Crippen LogP contribution in [0, 0.1) is 11.8 Å². The van der Waals surface area contributed by atoms with Crippen LogP contribution in [0.1, 0.15) is 56.1 Å². The predicted molar refractivity (Wildman–Crippen MR) is 131 cm³/mol. The number of amides is 2. The van der Waals surface area contributed by atoms with Gasteiger partial charge in [-0.25, -0.2) is 9.59 Å². The first-order chi connectivity index (χ1) is 16.9. The van der Waals surface area contributed by atoms with Crippen LogP contribution in [0.3, 0.4) is 0 Å². The van der Waals surface area contributed by atoms with Gasteiger partial charge in [0.15, 0.2) is 0 Å². The molecule has 2 aromatic rings. The third kappa shape index (κ3) is 4.28. The van der Waals surface area contributed by atoms with Gasteiger partial charge in [-0.3, -0.25) is 4.79 Å². The summed E-state index contributed by atoms with van der Waals surface area (Å²) >= 11 is 0. The van der Waals surface area contributed by atoms with Crippen molar-refractivity contribution < 1.29 is 24.2 Å². The molecule has 3 fully saturated rings. The largest absolute Gasteiger partial charge is 0.479 e. The molecular formula is C28H32N2O5. The van der Waals surface area contributed by atoms with Crippen LogP contribution < -0.4 is 5.32 Å². The molecule has 4 aliphatic rings. The Kier molecular flexibility index (Phi) is 6.26. The number of carbonyl (C=O) groups excluding carboxylic acids is 2. The normalized spacial score (nSPS) is 23.3. The van der Waals surface area contributed by atoms with Crippen LogP contribution in [0.5, 0.6) is 0 Å². The van der Waals surface area contributed by atoms with Gasteiger partial charge in [0.1, 0.15) is 12.1 Å². The molecule has 35 heavy (non-hydrogen) atoms. The van der Waals surface area contributed by atoms with Gasteiger partial charge >= 0.3 is 12.1 Å². The van der Waals surface area contributed by atoms with E-state index < -0.39 is 17.6 Å². The van der Waals surface area contributed by atoms with Crippen molar-refractivity contribution in [3.8, 4) is 11.1 Å². The lowest BCUT2D eigenvalue weighted by molar-refractivity contribution is -0.170. The Hall–Kier alpha value is -3.35. The molecule has 1 unspecified atom stereocenters. The van der Waals surface area contributed by atoms with Crippen LogP contribution in [0.4, 0.5) is 4.79 Å². The second-order valence-corrected chi connectivity index (χ2v) is 10.3. The van der Waals surface area contributed by atoms with Crippen LogP contribution in [-0.2, 0) is 14.3 Å². The third-order valence-corrected chi connectivity index (χ3v) is 8.05. The van der Waals surface area contributed by atoms with E-state index in [1.165, 1.54) is 11.1 Å². The van der Waals surface area contributed by atoms with E-state index in [0.717, 1.165) is 24.0 Å². The number of aliphatic carboxylic acids is 1. The number of fused-ring (bicyclic) bond motifs is 6. The van der Waals surface area contributed by atoms with Gasteiger partial charge in [0, 0.05) is 25.4 Å². The smallest absolute Gasteiger partial charge is 0.407 e. The zero-order valence-corrected chi connectivity index (χ0v) is 20.0. The fourth-order valence-electron chi connectivity index (χ4n) is 6.10. The summed E-state index contributed by atoms with van der Waals surface area (Å²) in [6, 6.07) is 16.4. The number of hydrogen-bond acceptors (Lipinski definition) is 4. The number of rotatable bonds is 7. The van der Waals surface area contributed by atoms with Crippen LogP contribution in [0.25, 0.3) is 11.1 Å². The maximum Gasteiger partial charge on any atom is 0.407 e. The molecule has 6 rings (SSSR count). The lowest BCUT2D eigenvalue weighted by atomic mass is 9.70. The number of alkyl carbamates (subject to hydrolysis) is 1. The van der Waals surface area contributed by atoms with Gasteiger partial charge in [0.2, 0.25) is 5.91 Å². The summed E-state index contributed by atoms with van der Waals surface area (Å²) in [5.74, 6) is -0.773. The fourth-order valence-corrected chi connectivity index (χ4v) is 6.10. The average molecular weight is 477 g/mol. The molecule has 7 heteroatoms. The highest BCUT2D eigenvalue weighted by Crippen LogP contribution is 2.45. The Morgan fingerprint density at radius 1 is 1.06 bits per heavy atom. The van der Waals surface area contributed by atoms with Crippen molar-refractivity contribution in [2.75, 3.05) is 19.7 Å². The number of hydrogen-bond donors (Lipinski definition) is 2. The molecule has 0 spiro atoms. The topological polar surface area (TPSA) is 95.9 Å². The van der Waals surface area contributed by atoms with Crippen LogP contribution in [-0.4, -0.2) is 53.2 Å². The first-order valence-corrected chi connectivity index (χ1v) is 12.5. The maximum atomic E-state index is 13.0. The third-order valence-electron chi connectivity index (χ3n) is 8.05. The van der Waals surface area contributed by atoms with E-state index in [-0.39, 0.29) is 30.8 Å². The minimum atomic E-state index is -1.05. The molecule has 184 valence electrons. The second kappa shape index (κ2) is 9.36. The standard InChI is InChI=1S/C28H32N2O5/c1-18(14-25(31)30-16-19-10-12-28(30,13-11-19)26(32)33)15-29-27(34)35-17-24-22-8-4-2-6-20(22)21-7-3-5-9-23(21)24/h2-9,18-19,24H,10-17H2,1H3,(H,29,34)(H,32,33). The molecule has 2 heterocycles. The summed E-state index contributed by atoms with van der Waals surface area (Å²) < 4.78 is 5.58. The molecule has 7 nitrogen and oxygen atoms in total. The fraction of sp³-hybridized carbons (Fsp3) is 0.464. The molecule has 2 aromatic carbocycles. The van der Waals surface area contributed by atoms with Crippen LogP contribution in [0.2, 0.25) is 0 Å². The lowest BCUT2D eigenvalue weighted by Gasteiger charge is -2.52. The van der Waals surface area contributed by atoms with E-state index in [9.17, 15) is 19.5 Å². The van der Waals surface area contributed by atoms with Crippen molar-refractivity contribution in [2.24, 2.45) is 11.8 Å². The zero-order valence-electron chi connectivity index (χ0n) is 20.0. The van der Waals surface area contributed by atoms with Crippen molar-refractivity contribution >= 4 is 18.0 Å². The highest BCUT2D eigenvalue weighted by atomic mass is 16.5. The number of piperidine rings is 2. The number of nitrogens with zero attached hydrogens (tertiary/aromatic N) is 1. The lowest BCUT2D eigenvalue weighted by Crippen LogP contribution is -2.64. The Morgan fingerprint density at radius 3 is 2.26 bits per heavy atom. The second-order valence-electron chi connectivity index (χ2n) is 10.3. The maximum absolute atomic E-state index is 13.0. The first-order valence-electron chi connectivity index (χ1n) is 12.5. The Morgan fingerprint density at radius 2 is 1.66 bits per heavy atom. The summed E-state index contributed by atoms with van der Waals surface area (Å²) in [4.78, 5) is 39.1. The molecule has 0 aromatic heterocycles. The van der Waals surface area contributed by atoms with Crippen molar-refractivity contribution in [3.05, 3.63) is 59.7 Å². The van der Waals surface area contributed by atoms with Gasteiger partial charge in [-0.2, -0.15) is 0 Å². The van der Waals surface area contributed by atoms with Gasteiger partial charge in [0.05, 0.1) is 0 Å². The van der Waals surface area contributed by atoms with E-state index in [2.05, 4.69) is 29.6 Å². The van der Waals surface area contributed by atoms with Crippen LogP contribution in [0.15, 0.2) is 48.5 Å². The molecule has 0 radical (unpaired) electrons. The molecule has 2 saturated heterocycles. The number of carboxylic acids is 1. The summed E-state index contributed by atoms with van der Waals surface area (Å²) in [6.45, 7) is 2.94. The molecule has 2 N–H and O–H groups in total. The average Bonchev–Trinajstić information content (AvgIpc) is 3.20. The number of ether oxygens (including phenoxy) is 1. The summed E-state index contributed by atoms with van der Waals surface area (Å²) in [5.41, 5.74) is 3.61. The number of benzene rings is 2. The highest BCUT2D eigenvalue weighted by Gasteiger charge is 2.53. The minimum Gasteiger partial charge on any atom is -0.479 e. The van der Waals surface area contributed by atoms with E-state index in [4.69, 9.17) is 4.74 Å². The molecular weight excluding hydrogens is 444 g/mol. The summed E-state index contributed by atoms with van der Waals surface area (Å²) in [7, 11) is 0. The van der Waals surface area contributed by atoms with Crippen molar-refractivity contribution in [3.63, 3.8) is 0 Å². The van der Waals surface area contributed by atoms with Gasteiger partial charge < -0.3 is 20.1 Å². The Balaban J connectivity index is 1.13. The molecule has 2 aliphatic heterocycles. The van der Waals surface area contributed by atoms with Gasteiger partial charge in [-0.15, -0.1) is 0 Å². The number of carbonyl (C=O) groups is 3. The number of carboxylic acid groups (broad SMARTS) is 1. The molecule has 1 atom stereocenters. The van der Waals surface area contributed by atoms with Crippen LogP contribution >= 0.6 is 0 Å².